The van der Waals surface area contributed by atoms with E-state index in [1.165, 1.54) is 0 Å². The lowest BCUT2D eigenvalue weighted by Gasteiger charge is -2.11. The van der Waals surface area contributed by atoms with Gasteiger partial charge in [0.2, 0.25) is 0 Å². The van der Waals surface area contributed by atoms with Crippen LogP contribution >= 0.6 is 11.6 Å². The molecule has 128 valence electrons. The van der Waals surface area contributed by atoms with Crippen molar-refractivity contribution in [2.24, 2.45) is 7.05 Å². The van der Waals surface area contributed by atoms with Crippen molar-refractivity contribution in [3.05, 3.63) is 71.5 Å². The van der Waals surface area contributed by atoms with E-state index in [0.29, 0.717) is 16.3 Å². The first-order valence-corrected chi connectivity index (χ1v) is 7.99. The predicted octanol–water partition coefficient (Wildman–Crippen LogP) is 5.43. The van der Waals surface area contributed by atoms with Crippen molar-refractivity contribution in [3.8, 4) is 16.9 Å². The summed E-state index contributed by atoms with van der Waals surface area (Å²) in [4.78, 5) is 12.2. The number of ether oxygens (including phenoxy) is 1. The van der Waals surface area contributed by atoms with Gasteiger partial charge >= 0.3 is 6.09 Å². The number of alkyl halides is 1. The van der Waals surface area contributed by atoms with Gasteiger partial charge in [-0.1, -0.05) is 41.9 Å². The molecule has 1 amide bonds. The van der Waals surface area contributed by atoms with Crippen molar-refractivity contribution in [1.82, 2.24) is 4.57 Å². The second-order valence-electron chi connectivity index (χ2n) is 5.51. The number of carbonyl (C=O) groups excluding carboxylic acids is 1. The molecule has 0 unspecified atom stereocenters. The largest absolute Gasteiger partial charge is 0.417 e. The Morgan fingerprint density at radius 3 is 2.60 bits per heavy atom. The van der Waals surface area contributed by atoms with Gasteiger partial charge < -0.3 is 9.30 Å². The van der Waals surface area contributed by atoms with E-state index in [0.717, 1.165) is 11.1 Å². The van der Waals surface area contributed by atoms with Gasteiger partial charge in [-0.3, -0.25) is 5.32 Å². The normalized spacial score (nSPS) is 10.5. The van der Waals surface area contributed by atoms with Crippen LogP contribution in [0.2, 0.25) is 5.02 Å². The topological polar surface area (TPSA) is 43.3 Å². The van der Waals surface area contributed by atoms with Crippen LogP contribution in [0.15, 0.2) is 60.9 Å². The molecule has 6 heteroatoms. The number of halogens is 2. The van der Waals surface area contributed by atoms with Crippen LogP contribution in [-0.2, 0) is 13.7 Å². The minimum absolute atomic E-state index is 0.200. The fourth-order valence-corrected chi connectivity index (χ4v) is 2.64. The maximum Gasteiger partial charge on any atom is 0.417 e. The highest BCUT2D eigenvalue weighted by molar-refractivity contribution is 6.30. The van der Waals surface area contributed by atoms with Crippen molar-refractivity contribution in [1.29, 1.82) is 0 Å². The fraction of sp³-hybridized carbons (Fsp3) is 0.105. The van der Waals surface area contributed by atoms with Gasteiger partial charge in [0.05, 0.1) is 5.69 Å². The van der Waals surface area contributed by atoms with Gasteiger partial charge in [0.15, 0.2) is 5.75 Å². The van der Waals surface area contributed by atoms with E-state index in [4.69, 9.17) is 16.3 Å². The Hall–Kier alpha value is -2.79. The molecule has 3 aromatic rings. The maximum atomic E-state index is 13.0. The molecule has 4 nitrogen and oxygen atoms in total. The van der Waals surface area contributed by atoms with Crippen LogP contribution < -0.4 is 10.1 Å². The van der Waals surface area contributed by atoms with E-state index < -0.39 is 12.8 Å². The zero-order valence-corrected chi connectivity index (χ0v) is 14.3. The average Bonchev–Trinajstić information content (AvgIpc) is 2.95. The second-order valence-corrected chi connectivity index (χ2v) is 5.95. The highest BCUT2D eigenvalue weighted by Crippen LogP contribution is 2.29. The molecule has 1 heterocycles. The highest BCUT2D eigenvalue weighted by atomic mass is 35.5. The van der Waals surface area contributed by atoms with Gasteiger partial charge in [-0.25, -0.2) is 9.18 Å². The standard InChI is InChI=1S/C19H16ClFN2O2/c1-23-11-14(10-21)18(12-23)25-19(24)22-17-5-3-2-4-16(17)13-6-8-15(20)9-7-13/h2-9,11-12H,10H2,1H3,(H,22,24). The minimum atomic E-state index is -0.704. The molecule has 25 heavy (non-hydrogen) atoms. The Bertz CT molecular complexity index is 891. The van der Waals surface area contributed by atoms with Crippen LogP contribution in [0.4, 0.5) is 14.9 Å². The van der Waals surface area contributed by atoms with Crippen LogP contribution in [-0.4, -0.2) is 10.7 Å². The van der Waals surface area contributed by atoms with Gasteiger partial charge in [0.25, 0.3) is 0 Å². The summed E-state index contributed by atoms with van der Waals surface area (Å²) in [6.07, 6.45) is 2.45. The van der Waals surface area contributed by atoms with Crippen molar-refractivity contribution in [3.63, 3.8) is 0 Å². The van der Waals surface area contributed by atoms with Gasteiger partial charge in [0, 0.05) is 35.6 Å². The zero-order valence-electron chi connectivity index (χ0n) is 13.5. The van der Waals surface area contributed by atoms with E-state index >= 15 is 0 Å². The Morgan fingerprint density at radius 2 is 1.88 bits per heavy atom. The third kappa shape index (κ3) is 4.00. The van der Waals surface area contributed by atoms with E-state index in [9.17, 15) is 9.18 Å². The number of aryl methyl sites for hydroxylation is 1. The van der Waals surface area contributed by atoms with Crippen molar-refractivity contribution < 1.29 is 13.9 Å². The lowest BCUT2D eigenvalue weighted by atomic mass is 10.0. The Balaban J connectivity index is 1.81. The predicted molar refractivity (Wildman–Crippen MR) is 96.8 cm³/mol. The fourth-order valence-electron chi connectivity index (χ4n) is 2.52. The first-order chi connectivity index (χ1) is 12.1. The third-order valence-corrected chi connectivity index (χ3v) is 3.91. The molecule has 0 aliphatic rings. The number of nitrogens with one attached hydrogen (secondary N) is 1. The number of para-hydroxylation sites is 1. The van der Waals surface area contributed by atoms with Crippen molar-refractivity contribution in [2.75, 3.05) is 5.32 Å². The van der Waals surface area contributed by atoms with Crippen LogP contribution in [0.5, 0.6) is 5.75 Å². The summed E-state index contributed by atoms with van der Waals surface area (Å²) in [5.74, 6) is 0.200. The van der Waals surface area contributed by atoms with E-state index in [-0.39, 0.29) is 5.75 Å². The third-order valence-electron chi connectivity index (χ3n) is 3.66. The van der Waals surface area contributed by atoms with Crippen LogP contribution in [0, 0.1) is 0 Å². The van der Waals surface area contributed by atoms with Crippen molar-refractivity contribution in [2.45, 2.75) is 6.67 Å². The molecule has 0 aliphatic heterocycles. The molecule has 0 saturated carbocycles. The average molecular weight is 359 g/mol. The number of anilines is 1. The summed E-state index contributed by atoms with van der Waals surface area (Å²) in [5, 5.41) is 3.34. The number of amides is 1. The summed E-state index contributed by atoms with van der Waals surface area (Å²) in [6, 6.07) is 14.6. The molecule has 0 spiro atoms. The zero-order chi connectivity index (χ0) is 17.8. The Morgan fingerprint density at radius 1 is 1.16 bits per heavy atom. The maximum absolute atomic E-state index is 13.0. The number of carbonyl (C=O) groups is 1. The first-order valence-electron chi connectivity index (χ1n) is 7.61. The van der Waals surface area contributed by atoms with Gasteiger partial charge in [-0.05, 0) is 23.8 Å². The van der Waals surface area contributed by atoms with E-state index in [1.807, 2.05) is 30.3 Å². The van der Waals surface area contributed by atoms with Gasteiger partial charge in [-0.2, -0.15) is 0 Å². The molecule has 0 radical (unpaired) electrons. The molecule has 2 aromatic carbocycles. The first kappa shape index (κ1) is 17.0. The summed E-state index contributed by atoms with van der Waals surface area (Å²) in [6.45, 7) is -0.704. The summed E-state index contributed by atoms with van der Waals surface area (Å²) < 4.78 is 19.8. The van der Waals surface area contributed by atoms with Crippen LogP contribution in [0.1, 0.15) is 5.56 Å². The Kier molecular flexibility index (Phi) is 5.05. The van der Waals surface area contributed by atoms with E-state index in [2.05, 4.69) is 5.32 Å². The highest BCUT2D eigenvalue weighted by Gasteiger charge is 2.13. The number of benzene rings is 2. The molecule has 1 aromatic heterocycles. The van der Waals surface area contributed by atoms with Crippen LogP contribution in [0.25, 0.3) is 11.1 Å². The van der Waals surface area contributed by atoms with Crippen molar-refractivity contribution >= 4 is 23.4 Å². The lowest BCUT2D eigenvalue weighted by Crippen LogP contribution is -2.17. The van der Waals surface area contributed by atoms with E-state index in [1.54, 1.807) is 42.2 Å². The molecular weight excluding hydrogens is 343 g/mol. The summed E-state index contributed by atoms with van der Waals surface area (Å²) >= 11 is 5.92. The molecule has 0 atom stereocenters. The number of nitrogens with zero attached hydrogens (tertiary/aromatic N) is 1. The number of hydrogen-bond donors (Lipinski definition) is 1. The Labute approximate surface area is 149 Å². The lowest BCUT2D eigenvalue weighted by molar-refractivity contribution is 0.214. The summed E-state index contributed by atoms with van der Waals surface area (Å²) in [7, 11) is 1.74. The quantitative estimate of drug-likeness (QED) is 0.676. The van der Waals surface area contributed by atoms with Gasteiger partial charge in [-0.15, -0.1) is 0 Å². The summed E-state index contributed by atoms with van der Waals surface area (Å²) in [5.41, 5.74) is 2.65. The number of rotatable bonds is 4. The molecular formula is C19H16ClFN2O2. The molecule has 0 aliphatic carbocycles. The molecule has 0 saturated heterocycles. The molecule has 1 N–H and O–H groups in total. The smallest absolute Gasteiger partial charge is 0.408 e. The molecule has 0 bridgehead atoms. The van der Waals surface area contributed by atoms with Gasteiger partial charge in [0.1, 0.15) is 6.67 Å². The number of hydrogen-bond acceptors (Lipinski definition) is 2. The minimum Gasteiger partial charge on any atom is -0.408 e. The molecule has 0 fully saturated rings. The van der Waals surface area contributed by atoms with Crippen LogP contribution in [0.3, 0.4) is 0 Å². The number of aromatic nitrogens is 1. The monoisotopic (exact) mass is 358 g/mol. The second kappa shape index (κ2) is 7.40. The molecule has 3 rings (SSSR count). The SMILES string of the molecule is Cn1cc(CF)c(OC(=O)Nc2ccccc2-c2ccc(Cl)cc2)c1.